The van der Waals surface area contributed by atoms with Crippen LogP contribution in [-0.4, -0.2) is 36.7 Å². The van der Waals surface area contributed by atoms with Gasteiger partial charge in [0.25, 0.3) is 11.6 Å². The molecule has 34 heavy (non-hydrogen) atoms. The number of halogens is 1. The van der Waals surface area contributed by atoms with Gasteiger partial charge in [0.1, 0.15) is 5.75 Å². The number of methoxy groups -OCH3 is 1. The Labute approximate surface area is 202 Å². The predicted molar refractivity (Wildman–Crippen MR) is 126 cm³/mol. The minimum Gasteiger partial charge on any atom is -0.493 e. The van der Waals surface area contributed by atoms with E-state index >= 15 is 0 Å². The van der Waals surface area contributed by atoms with E-state index in [1.165, 1.54) is 37.6 Å². The third-order valence-corrected chi connectivity index (χ3v) is 4.76. The van der Waals surface area contributed by atoms with Gasteiger partial charge in [-0.05, 0) is 54.1 Å². The van der Waals surface area contributed by atoms with Gasteiger partial charge in [-0.15, -0.1) is 0 Å². The van der Waals surface area contributed by atoms with E-state index in [1.54, 1.807) is 42.5 Å². The topological polar surface area (TPSA) is 129 Å². The van der Waals surface area contributed by atoms with Gasteiger partial charge in [0, 0.05) is 16.6 Å². The van der Waals surface area contributed by atoms with Crippen LogP contribution in [-0.2, 0) is 4.79 Å². The number of non-ortho nitro benzene ring substituents is 1. The van der Waals surface area contributed by atoms with Crippen LogP contribution >= 0.6 is 15.9 Å². The standard InChI is InChI=1S/C23H18BrN3O7/c1-32-21-11-15(5-10-20(21)34-23(29)16-3-2-4-17(24)12-16)13-25-26-22(28)14-33-19-8-6-18(7-9-19)27(30)31/h2-13H,14H2,1H3,(H,26,28). The summed E-state index contributed by atoms with van der Waals surface area (Å²) < 4.78 is 16.7. The largest absolute Gasteiger partial charge is 0.493 e. The fraction of sp³-hybridized carbons (Fsp3) is 0.0870. The molecule has 1 N–H and O–H groups in total. The molecule has 0 aromatic heterocycles. The molecule has 3 aromatic rings. The van der Waals surface area contributed by atoms with Crippen molar-refractivity contribution in [1.82, 2.24) is 5.43 Å². The lowest BCUT2D eigenvalue weighted by atomic mass is 10.2. The molecule has 174 valence electrons. The van der Waals surface area contributed by atoms with Crippen molar-refractivity contribution in [2.75, 3.05) is 13.7 Å². The molecule has 0 fully saturated rings. The Hall–Kier alpha value is -4.25. The number of benzene rings is 3. The molecule has 10 nitrogen and oxygen atoms in total. The number of hydrazone groups is 1. The summed E-state index contributed by atoms with van der Waals surface area (Å²) in [5, 5.41) is 14.5. The average molecular weight is 528 g/mol. The number of nitrogens with zero attached hydrogens (tertiary/aromatic N) is 2. The second-order valence-corrected chi connectivity index (χ2v) is 7.56. The number of hydrogen-bond acceptors (Lipinski definition) is 8. The molecule has 1 amide bonds. The van der Waals surface area contributed by atoms with Crippen LogP contribution in [0.5, 0.6) is 17.2 Å². The molecule has 3 aromatic carbocycles. The monoisotopic (exact) mass is 527 g/mol. The first-order valence-electron chi connectivity index (χ1n) is 9.70. The zero-order valence-electron chi connectivity index (χ0n) is 17.8. The molecule has 0 bridgehead atoms. The molecule has 0 aliphatic rings. The van der Waals surface area contributed by atoms with Crippen LogP contribution in [0.1, 0.15) is 15.9 Å². The van der Waals surface area contributed by atoms with Gasteiger partial charge in [0.2, 0.25) is 0 Å². The number of ether oxygens (including phenoxy) is 3. The van der Waals surface area contributed by atoms with Gasteiger partial charge in [0.05, 0.1) is 23.8 Å². The zero-order chi connectivity index (χ0) is 24.5. The summed E-state index contributed by atoms with van der Waals surface area (Å²) in [6.07, 6.45) is 1.38. The smallest absolute Gasteiger partial charge is 0.343 e. The van der Waals surface area contributed by atoms with Crippen LogP contribution < -0.4 is 19.6 Å². The zero-order valence-corrected chi connectivity index (χ0v) is 19.4. The van der Waals surface area contributed by atoms with Crippen LogP contribution in [0.15, 0.2) is 76.3 Å². The first-order chi connectivity index (χ1) is 16.4. The Kier molecular flexibility index (Phi) is 8.30. The molecular formula is C23H18BrN3O7. The van der Waals surface area contributed by atoms with Crippen molar-refractivity contribution in [3.63, 3.8) is 0 Å². The molecule has 11 heteroatoms. The van der Waals surface area contributed by atoms with Crippen molar-refractivity contribution in [2.24, 2.45) is 5.10 Å². The number of nitro benzene ring substituents is 1. The summed E-state index contributed by atoms with van der Waals surface area (Å²) in [6, 6.07) is 16.9. The number of amides is 1. The van der Waals surface area contributed by atoms with Gasteiger partial charge in [-0.3, -0.25) is 14.9 Å². The van der Waals surface area contributed by atoms with Gasteiger partial charge in [-0.1, -0.05) is 22.0 Å². The third kappa shape index (κ3) is 6.87. The average Bonchev–Trinajstić information content (AvgIpc) is 2.83. The third-order valence-electron chi connectivity index (χ3n) is 4.27. The Balaban J connectivity index is 1.54. The maximum atomic E-state index is 12.4. The van der Waals surface area contributed by atoms with E-state index in [9.17, 15) is 19.7 Å². The number of nitro groups is 1. The number of esters is 1. The molecule has 0 aliphatic heterocycles. The van der Waals surface area contributed by atoms with E-state index in [2.05, 4.69) is 26.5 Å². The van der Waals surface area contributed by atoms with Gasteiger partial charge < -0.3 is 14.2 Å². The van der Waals surface area contributed by atoms with Crippen LogP contribution in [0, 0.1) is 10.1 Å². The van der Waals surface area contributed by atoms with E-state index in [-0.39, 0.29) is 18.0 Å². The first kappa shape index (κ1) is 24.4. The van der Waals surface area contributed by atoms with Crippen molar-refractivity contribution in [1.29, 1.82) is 0 Å². The van der Waals surface area contributed by atoms with Crippen molar-refractivity contribution >= 4 is 39.7 Å². The maximum absolute atomic E-state index is 12.4. The van der Waals surface area contributed by atoms with Crippen LogP contribution in [0.4, 0.5) is 5.69 Å². The summed E-state index contributed by atoms with van der Waals surface area (Å²) in [5.41, 5.74) is 3.19. The van der Waals surface area contributed by atoms with Crippen molar-refractivity contribution in [3.05, 3.63) is 92.4 Å². The highest BCUT2D eigenvalue weighted by Crippen LogP contribution is 2.28. The van der Waals surface area contributed by atoms with Crippen LogP contribution in [0.25, 0.3) is 0 Å². The highest BCUT2D eigenvalue weighted by Gasteiger charge is 2.13. The van der Waals surface area contributed by atoms with Crippen molar-refractivity contribution in [2.45, 2.75) is 0 Å². The van der Waals surface area contributed by atoms with Crippen molar-refractivity contribution in [3.8, 4) is 17.2 Å². The Morgan fingerprint density at radius 3 is 2.53 bits per heavy atom. The lowest BCUT2D eigenvalue weighted by molar-refractivity contribution is -0.384. The SMILES string of the molecule is COc1cc(C=NNC(=O)COc2ccc([N+](=O)[O-])cc2)ccc1OC(=O)c1cccc(Br)c1. The highest BCUT2D eigenvalue weighted by molar-refractivity contribution is 9.10. The van der Waals surface area contributed by atoms with E-state index in [1.807, 2.05) is 0 Å². The van der Waals surface area contributed by atoms with E-state index < -0.39 is 16.8 Å². The summed E-state index contributed by atoms with van der Waals surface area (Å²) in [5.74, 6) is -0.227. The van der Waals surface area contributed by atoms with E-state index in [0.717, 1.165) is 4.47 Å². The van der Waals surface area contributed by atoms with Crippen LogP contribution in [0.3, 0.4) is 0 Å². The molecule has 0 radical (unpaired) electrons. The molecule has 0 saturated carbocycles. The number of nitrogens with one attached hydrogen (secondary N) is 1. The first-order valence-corrected chi connectivity index (χ1v) is 10.5. The molecule has 0 spiro atoms. The summed E-state index contributed by atoms with van der Waals surface area (Å²) in [4.78, 5) is 34.4. The quantitative estimate of drug-likeness (QED) is 0.145. The summed E-state index contributed by atoms with van der Waals surface area (Å²) in [7, 11) is 1.43. The summed E-state index contributed by atoms with van der Waals surface area (Å²) in [6.45, 7) is -0.330. The molecule has 0 saturated heterocycles. The second kappa shape index (κ2) is 11.6. The number of carbonyl (C=O) groups excluding carboxylic acids is 2. The Bertz CT molecular complexity index is 1230. The minimum absolute atomic E-state index is 0.0780. The molecule has 3 rings (SSSR count). The fourth-order valence-corrected chi connectivity index (χ4v) is 3.05. The minimum atomic E-state index is -0.540. The molecular weight excluding hydrogens is 510 g/mol. The molecule has 0 unspecified atom stereocenters. The predicted octanol–water partition coefficient (Wildman–Crippen LogP) is 4.11. The van der Waals surface area contributed by atoms with Crippen LogP contribution in [0.2, 0.25) is 0 Å². The summed E-state index contributed by atoms with van der Waals surface area (Å²) >= 11 is 3.31. The van der Waals surface area contributed by atoms with Gasteiger partial charge in [0.15, 0.2) is 18.1 Å². The Morgan fingerprint density at radius 1 is 1.09 bits per heavy atom. The van der Waals surface area contributed by atoms with Gasteiger partial charge >= 0.3 is 5.97 Å². The molecule has 0 heterocycles. The van der Waals surface area contributed by atoms with Gasteiger partial charge in [-0.25, -0.2) is 10.2 Å². The maximum Gasteiger partial charge on any atom is 0.343 e. The fourth-order valence-electron chi connectivity index (χ4n) is 2.65. The van der Waals surface area contributed by atoms with E-state index in [4.69, 9.17) is 14.2 Å². The normalized spacial score (nSPS) is 10.5. The Morgan fingerprint density at radius 2 is 1.85 bits per heavy atom. The molecule has 0 aliphatic carbocycles. The van der Waals surface area contributed by atoms with Gasteiger partial charge in [-0.2, -0.15) is 5.10 Å². The number of carbonyl (C=O) groups is 2. The second-order valence-electron chi connectivity index (χ2n) is 6.64. The van der Waals surface area contributed by atoms with Crippen molar-refractivity contribution < 1.29 is 28.7 Å². The number of rotatable bonds is 9. The lowest BCUT2D eigenvalue weighted by Crippen LogP contribution is -2.24. The van der Waals surface area contributed by atoms with E-state index in [0.29, 0.717) is 22.6 Å². The highest BCUT2D eigenvalue weighted by atomic mass is 79.9. The molecule has 0 atom stereocenters. The number of hydrogen-bond donors (Lipinski definition) is 1. The lowest BCUT2D eigenvalue weighted by Gasteiger charge is -2.10.